The number of carboxylic acids is 1. The van der Waals surface area contributed by atoms with E-state index in [1.807, 2.05) is 24.3 Å². The molecule has 1 saturated heterocycles. The Morgan fingerprint density at radius 1 is 1.06 bits per heavy atom. The van der Waals surface area contributed by atoms with E-state index in [2.05, 4.69) is 29.6 Å². The summed E-state index contributed by atoms with van der Waals surface area (Å²) in [7, 11) is 1.59. The molecule has 1 fully saturated rings. The van der Waals surface area contributed by atoms with Gasteiger partial charge in [-0.1, -0.05) is 55.5 Å². The van der Waals surface area contributed by atoms with E-state index in [-0.39, 0.29) is 24.3 Å². The molecule has 4 rings (SSSR count). The first-order chi connectivity index (χ1) is 16.9. The number of carbonyl (C=O) groups excluding carboxylic acids is 2. The molecule has 0 spiro atoms. The Bertz CT molecular complexity index is 1040. The van der Waals surface area contributed by atoms with Crippen molar-refractivity contribution in [1.29, 1.82) is 0 Å². The molecule has 2 aliphatic rings. The largest absolute Gasteiger partial charge is 0.481 e. The van der Waals surface area contributed by atoms with Crippen molar-refractivity contribution in [2.24, 2.45) is 11.8 Å². The van der Waals surface area contributed by atoms with E-state index >= 15 is 0 Å². The fraction of sp³-hybridized carbons (Fsp3) is 0.444. The topological polar surface area (TPSA) is 105 Å². The molecule has 8 heteroatoms. The number of likely N-dealkylation sites (tertiary alicyclic amines) is 1. The van der Waals surface area contributed by atoms with Gasteiger partial charge in [-0.05, 0) is 35.1 Å². The zero-order chi connectivity index (χ0) is 24.9. The first kappa shape index (κ1) is 24.7. The van der Waals surface area contributed by atoms with Crippen LogP contribution in [0.1, 0.15) is 36.8 Å². The zero-order valence-corrected chi connectivity index (χ0v) is 20.1. The van der Waals surface area contributed by atoms with Crippen LogP contribution in [-0.4, -0.2) is 67.4 Å². The second-order valence-corrected chi connectivity index (χ2v) is 9.29. The highest BCUT2D eigenvalue weighted by atomic mass is 16.5. The van der Waals surface area contributed by atoms with E-state index in [0.717, 1.165) is 22.3 Å². The minimum absolute atomic E-state index is 0.0653. The maximum Gasteiger partial charge on any atom is 0.407 e. The molecular weight excluding hydrogens is 448 g/mol. The lowest BCUT2D eigenvalue weighted by molar-refractivity contribution is -0.151. The van der Waals surface area contributed by atoms with Crippen LogP contribution in [0, 0.1) is 11.8 Å². The number of hydrogen-bond donors (Lipinski definition) is 2. The van der Waals surface area contributed by atoms with Gasteiger partial charge in [0, 0.05) is 38.6 Å². The number of nitrogens with one attached hydrogen (secondary N) is 1. The zero-order valence-electron chi connectivity index (χ0n) is 20.1. The van der Waals surface area contributed by atoms with Crippen LogP contribution in [-0.2, 0) is 19.1 Å². The summed E-state index contributed by atoms with van der Waals surface area (Å²) in [6.45, 7) is 3.04. The Balaban J connectivity index is 1.37. The number of hydrogen-bond acceptors (Lipinski definition) is 5. The summed E-state index contributed by atoms with van der Waals surface area (Å²) < 4.78 is 10.7. The fourth-order valence-electron chi connectivity index (χ4n) is 4.90. The van der Waals surface area contributed by atoms with Crippen LogP contribution in [0.2, 0.25) is 0 Å². The number of amides is 2. The molecule has 0 aromatic heterocycles. The van der Waals surface area contributed by atoms with Gasteiger partial charge in [0.2, 0.25) is 5.91 Å². The van der Waals surface area contributed by atoms with Gasteiger partial charge in [-0.2, -0.15) is 0 Å². The third-order valence-corrected chi connectivity index (χ3v) is 7.09. The summed E-state index contributed by atoms with van der Waals surface area (Å²) >= 11 is 0. The highest BCUT2D eigenvalue weighted by Gasteiger charge is 2.39. The van der Waals surface area contributed by atoms with Gasteiger partial charge in [-0.25, -0.2) is 4.79 Å². The Hall–Kier alpha value is -3.39. The van der Waals surface area contributed by atoms with Crippen molar-refractivity contribution in [3.63, 3.8) is 0 Å². The highest BCUT2D eigenvalue weighted by Crippen LogP contribution is 2.44. The van der Waals surface area contributed by atoms with Crippen molar-refractivity contribution in [3.05, 3.63) is 59.7 Å². The predicted molar refractivity (Wildman–Crippen MR) is 130 cm³/mol. The molecule has 2 N–H and O–H groups in total. The molecule has 2 atom stereocenters. The first-order valence-electron chi connectivity index (χ1n) is 12.0. The molecule has 2 aromatic carbocycles. The van der Waals surface area contributed by atoms with Gasteiger partial charge < -0.3 is 24.8 Å². The lowest BCUT2D eigenvalue weighted by Crippen LogP contribution is -2.59. The van der Waals surface area contributed by atoms with Crippen LogP contribution in [0.5, 0.6) is 0 Å². The molecule has 1 aliphatic heterocycles. The number of nitrogens with zero attached hydrogens (tertiary/aromatic N) is 1. The molecule has 2 aromatic rings. The number of ether oxygens (including phenoxy) is 2. The number of fused-ring (bicyclic) bond motifs is 3. The van der Waals surface area contributed by atoms with Crippen LogP contribution in [0.25, 0.3) is 11.1 Å². The number of aliphatic carboxylic acids is 1. The molecule has 2 unspecified atom stereocenters. The van der Waals surface area contributed by atoms with Crippen molar-refractivity contribution < 1.29 is 29.0 Å². The number of carbonyl (C=O) groups is 3. The van der Waals surface area contributed by atoms with Crippen LogP contribution in [0.3, 0.4) is 0 Å². The highest BCUT2D eigenvalue weighted by molar-refractivity contribution is 5.86. The quantitative estimate of drug-likeness (QED) is 0.505. The summed E-state index contributed by atoms with van der Waals surface area (Å²) in [4.78, 5) is 38.6. The monoisotopic (exact) mass is 480 g/mol. The minimum Gasteiger partial charge on any atom is -0.481 e. The van der Waals surface area contributed by atoms with Crippen LogP contribution in [0.15, 0.2) is 48.5 Å². The second-order valence-electron chi connectivity index (χ2n) is 9.29. The lowest BCUT2D eigenvalue weighted by atomic mass is 9.86. The van der Waals surface area contributed by atoms with Crippen molar-refractivity contribution in [2.45, 2.75) is 31.7 Å². The molecule has 186 valence electrons. The van der Waals surface area contributed by atoms with Crippen molar-refractivity contribution in [3.8, 4) is 11.1 Å². The number of alkyl carbamates (subject to hydrolysis) is 1. The van der Waals surface area contributed by atoms with Crippen LogP contribution in [0.4, 0.5) is 4.79 Å². The summed E-state index contributed by atoms with van der Waals surface area (Å²) in [6.07, 6.45) is 0.366. The molecule has 0 radical (unpaired) electrons. The maximum absolute atomic E-state index is 13.0. The predicted octanol–water partition coefficient (Wildman–Crippen LogP) is 3.50. The Labute approximate surface area is 205 Å². The van der Waals surface area contributed by atoms with Crippen LogP contribution < -0.4 is 5.32 Å². The SMILES string of the molecule is COCCCC(NC(=O)OCC1c2ccccc2-c2ccccc21)C(=O)N1CC(C(C)C(=O)O)C1. The molecule has 8 nitrogen and oxygen atoms in total. The van der Waals surface area contributed by atoms with Gasteiger partial charge in [0.1, 0.15) is 12.6 Å². The van der Waals surface area contributed by atoms with E-state index in [1.54, 1.807) is 18.9 Å². The van der Waals surface area contributed by atoms with Crippen molar-refractivity contribution in [1.82, 2.24) is 10.2 Å². The molecule has 1 heterocycles. The van der Waals surface area contributed by atoms with E-state index < -0.39 is 24.0 Å². The van der Waals surface area contributed by atoms with E-state index in [1.165, 1.54) is 0 Å². The number of carboxylic acid groups (broad SMARTS) is 1. The van der Waals surface area contributed by atoms with Gasteiger partial charge in [-0.15, -0.1) is 0 Å². The standard InChI is InChI=1S/C27H32N2O6/c1-17(26(31)32)18-14-29(15-18)25(30)24(12-7-13-34-2)28-27(33)35-16-23-21-10-5-3-8-19(21)20-9-4-6-11-22(20)23/h3-6,8-11,17-18,23-24H,7,12-16H2,1-2H3,(H,28,33)(H,31,32). The number of rotatable bonds is 10. The van der Waals surface area contributed by atoms with E-state index in [0.29, 0.717) is 32.5 Å². The summed E-state index contributed by atoms with van der Waals surface area (Å²) in [6, 6.07) is 15.5. The molecule has 0 saturated carbocycles. The fourth-order valence-corrected chi connectivity index (χ4v) is 4.90. The van der Waals surface area contributed by atoms with Gasteiger partial charge >= 0.3 is 12.1 Å². The average Bonchev–Trinajstić information content (AvgIpc) is 3.14. The van der Waals surface area contributed by atoms with Crippen molar-refractivity contribution in [2.75, 3.05) is 33.4 Å². The molecule has 2 amide bonds. The van der Waals surface area contributed by atoms with Gasteiger partial charge in [0.25, 0.3) is 0 Å². The summed E-state index contributed by atoms with van der Waals surface area (Å²) in [5.41, 5.74) is 4.53. The number of benzene rings is 2. The minimum atomic E-state index is -0.865. The van der Waals surface area contributed by atoms with Gasteiger partial charge in [-0.3, -0.25) is 9.59 Å². The van der Waals surface area contributed by atoms with Gasteiger partial charge in [0.15, 0.2) is 0 Å². The normalized spacial score (nSPS) is 16.6. The van der Waals surface area contributed by atoms with Gasteiger partial charge in [0.05, 0.1) is 5.92 Å². The summed E-state index contributed by atoms with van der Waals surface area (Å²) in [5, 5.41) is 11.9. The van der Waals surface area contributed by atoms with E-state index in [9.17, 15) is 19.5 Å². The number of methoxy groups -OCH3 is 1. The van der Waals surface area contributed by atoms with E-state index in [4.69, 9.17) is 9.47 Å². The smallest absolute Gasteiger partial charge is 0.407 e. The van der Waals surface area contributed by atoms with Crippen LogP contribution >= 0.6 is 0 Å². The third kappa shape index (κ3) is 5.32. The summed E-state index contributed by atoms with van der Waals surface area (Å²) in [5.74, 6) is -1.74. The average molecular weight is 481 g/mol. The Morgan fingerprint density at radius 3 is 2.23 bits per heavy atom. The lowest BCUT2D eigenvalue weighted by Gasteiger charge is -2.42. The molecule has 1 aliphatic carbocycles. The molecule has 0 bridgehead atoms. The maximum atomic E-state index is 13.0. The molecule has 35 heavy (non-hydrogen) atoms. The second kappa shape index (κ2) is 10.9. The third-order valence-electron chi connectivity index (χ3n) is 7.09. The Kier molecular flexibility index (Phi) is 7.70. The molecular formula is C27H32N2O6. The Morgan fingerprint density at radius 2 is 1.66 bits per heavy atom. The van der Waals surface area contributed by atoms with Crippen molar-refractivity contribution >= 4 is 18.0 Å². The first-order valence-corrected chi connectivity index (χ1v) is 12.0.